The van der Waals surface area contributed by atoms with Crippen LogP contribution in [-0.2, 0) is 16.6 Å². The summed E-state index contributed by atoms with van der Waals surface area (Å²) in [5.41, 5.74) is 0.0941. The van der Waals surface area contributed by atoms with E-state index in [2.05, 4.69) is 6.58 Å². The Bertz CT molecular complexity index is 956. The van der Waals surface area contributed by atoms with Gasteiger partial charge in [0.05, 0.1) is 10.9 Å². The average molecular weight is 445 g/mol. The predicted molar refractivity (Wildman–Crippen MR) is 111 cm³/mol. The topological polar surface area (TPSA) is 57.7 Å². The Kier molecular flexibility index (Phi) is 7.77. The quantitative estimate of drug-likeness (QED) is 0.538. The van der Waals surface area contributed by atoms with Gasteiger partial charge in [0.25, 0.3) is 5.91 Å². The Morgan fingerprint density at radius 1 is 1.25 bits per heavy atom. The van der Waals surface area contributed by atoms with E-state index in [9.17, 15) is 17.6 Å². The summed E-state index contributed by atoms with van der Waals surface area (Å²) in [6, 6.07) is 6.96. The summed E-state index contributed by atoms with van der Waals surface area (Å²) in [4.78, 5) is 14.8. The van der Waals surface area contributed by atoms with Crippen LogP contribution in [0.1, 0.15) is 29.1 Å². The predicted octanol–water partition coefficient (Wildman–Crippen LogP) is 4.40. The highest BCUT2D eigenvalue weighted by Gasteiger charge is 2.27. The van der Waals surface area contributed by atoms with Crippen LogP contribution >= 0.6 is 22.9 Å². The van der Waals surface area contributed by atoms with Crippen molar-refractivity contribution in [3.05, 3.63) is 63.6 Å². The molecule has 0 saturated carbocycles. The van der Waals surface area contributed by atoms with Crippen LogP contribution in [-0.4, -0.2) is 43.2 Å². The number of benzene rings is 1. The van der Waals surface area contributed by atoms with Gasteiger partial charge in [0.2, 0.25) is 10.0 Å². The van der Waals surface area contributed by atoms with Gasteiger partial charge in [-0.05, 0) is 30.3 Å². The van der Waals surface area contributed by atoms with Crippen molar-refractivity contribution in [1.29, 1.82) is 0 Å². The average Bonchev–Trinajstić information content (AvgIpc) is 3.06. The third-order valence-electron chi connectivity index (χ3n) is 4.11. The van der Waals surface area contributed by atoms with E-state index in [-0.39, 0.29) is 31.7 Å². The summed E-state index contributed by atoms with van der Waals surface area (Å²) in [6.07, 6.45) is 1.57. The summed E-state index contributed by atoms with van der Waals surface area (Å²) < 4.78 is 41.5. The van der Waals surface area contributed by atoms with E-state index in [1.807, 2.05) is 6.07 Å². The fourth-order valence-electron chi connectivity index (χ4n) is 2.72. The molecule has 0 bridgehead atoms. The minimum Gasteiger partial charge on any atom is -0.330 e. The fraction of sp³-hybridized carbons (Fsp3) is 0.316. The Morgan fingerprint density at radius 3 is 2.46 bits per heavy atom. The highest BCUT2D eigenvalue weighted by molar-refractivity contribution is 7.89. The second-order valence-electron chi connectivity index (χ2n) is 5.91. The van der Waals surface area contributed by atoms with Crippen molar-refractivity contribution < 1.29 is 17.6 Å². The molecule has 28 heavy (non-hydrogen) atoms. The number of rotatable bonds is 9. The summed E-state index contributed by atoms with van der Waals surface area (Å²) in [6.45, 7) is 7.96. The zero-order valence-corrected chi connectivity index (χ0v) is 18.1. The van der Waals surface area contributed by atoms with Crippen molar-refractivity contribution in [1.82, 2.24) is 9.21 Å². The van der Waals surface area contributed by atoms with Crippen LogP contribution in [0.5, 0.6) is 0 Å². The number of amides is 1. The molecule has 0 fully saturated rings. The number of sulfonamides is 1. The zero-order chi connectivity index (χ0) is 20.9. The van der Waals surface area contributed by atoms with Gasteiger partial charge in [0.15, 0.2) is 0 Å². The van der Waals surface area contributed by atoms with Crippen molar-refractivity contribution in [3.63, 3.8) is 0 Å². The molecular weight excluding hydrogens is 423 g/mol. The Balaban J connectivity index is 2.40. The largest absolute Gasteiger partial charge is 0.330 e. The number of carbonyl (C=O) groups is 1. The van der Waals surface area contributed by atoms with Gasteiger partial charge in [-0.1, -0.05) is 31.5 Å². The van der Waals surface area contributed by atoms with E-state index in [1.54, 1.807) is 26.0 Å². The molecule has 0 aliphatic rings. The van der Waals surface area contributed by atoms with Gasteiger partial charge in [-0.15, -0.1) is 17.9 Å². The monoisotopic (exact) mass is 444 g/mol. The van der Waals surface area contributed by atoms with Crippen molar-refractivity contribution in [2.45, 2.75) is 25.3 Å². The minimum atomic E-state index is -4.03. The summed E-state index contributed by atoms with van der Waals surface area (Å²) in [5, 5.41) is 0. The molecule has 1 heterocycles. The first-order valence-electron chi connectivity index (χ1n) is 8.68. The van der Waals surface area contributed by atoms with Crippen LogP contribution in [0.15, 0.2) is 47.9 Å². The van der Waals surface area contributed by atoms with Crippen molar-refractivity contribution in [2.75, 3.05) is 19.6 Å². The van der Waals surface area contributed by atoms with Gasteiger partial charge in [-0.25, -0.2) is 12.8 Å². The Hall–Kier alpha value is -1.74. The van der Waals surface area contributed by atoms with Crippen LogP contribution < -0.4 is 0 Å². The molecule has 0 radical (unpaired) electrons. The first kappa shape index (κ1) is 22.5. The Labute approximate surface area is 174 Å². The molecule has 0 spiro atoms. The lowest BCUT2D eigenvalue weighted by atomic mass is 10.2. The molecule has 2 aromatic rings. The number of hydrogen-bond donors (Lipinski definition) is 0. The lowest BCUT2D eigenvalue weighted by Crippen LogP contribution is -2.32. The highest BCUT2D eigenvalue weighted by Crippen LogP contribution is 2.25. The molecule has 0 unspecified atom stereocenters. The Morgan fingerprint density at radius 2 is 1.93 bits per heavy atom. The third-order valence-corrected chi connectivity index (χ3v) is 7.39. The van der Waals surface area contributed by atoms with E-state index in [1.165, 1.54) is 22.3 Å². The van der Waals surface area contributed by atoms with Gasteiger partial charge in [-0.3, -0.25) is 4.79 Å². The van der Waals surface area contributed by atoms with Gasteiger partial charge in [-0.2, -0.15) is 4.31 Å². The SMILES string of the molecule is C=CCN(Cc1ccc(Cl)s1)C(=O)c1ccc(F)c(S(=O)(=O)N(CC)CC)c1. The summed E-state index contributed by atoms with van der Waals surface area (Å²) in [5.74, 6) is -1.30. The molecule has 1 aromatic heterocycles. The number of hydrogen-bond acceptors (Lipinski definition) is 4. The molecule has 5 nitrogen and oxygen atoms in total. The van der Waals surface area contributed by atoms with Crippen molar-refractivity contribution in [2.24, 2.45) is 0 Å². The molecule has 1 aromatic carbocycles. The van der Waals surface area contributed by atoms with E-state index >= 15 is 0 Å². The number of halogens is 2. The van der Waals surface area contributed by atoms with Crippen molar-refractivity contribution >= 4 is 38.9 Å². The van der Waals surface area contributed by atoms with Gasteiger partial charge in [0.1, 0.15) is 10.7 Å². The molecule has 2 rings (SSSR count). The molecule has 152 valence electrons. The summed E-state index contributed by atoms with van der Waals surface area (Å²) in [7, 11) is -4.03. The maximum atomic E-state index is 14.3. The molecule has 9 heteroatoms. The van der Waals surface area contributed by atoms with Gasteiger partial charge in [0, 0.05) is 30.1 Å². The maximum absolute atomic E-state index is 14.3. The first-order chi connectivity index (χ1) is 13.2. The van der Waals surface area contributed by atoms with E-state index in [0.29, 0.717) is 4.34 Å². The zero-order valence-electron chi connectivity index (χ0n) is 15.7. The molecule has 0 aliphatic carbocycles. The fourth-order valence-corrected chi connectivity index (χ4v) is 5.37. The van der Waals surface area contributed by atoms with Crippen LogP contribution in [0.4, 0.5) is 4.39 Å². The maximum Gasteiger partial charge on any atom is 0.254 e. The highest BCUT2D eigenvalue weighted by atomic mass is 35.5. The lowest BCUT2D eigenvalue weighted by molar-refractivity contribution is 0.0764. The smallest absolute Gasteiger partial charge is 0.254 e. The molecular formula is C19H22ClFN2O3S2. The number of carbonyl (C=O) groups excluding carboxylic acids is 1. The molecule has 0 aliphatic heterocycles. The second-order valence-corrected chi connectivity index (χ2v) is 9.62. The van der Waals surface area contributed by atoms with Gasteiger partial charge < -0.3 is 4.90 Å². The third kappa shape index (κ3) is 5.00. The minimum absolute atomic E-state index is 0.0941. The van der Waals surface area contributed by atoms with Crippen LogP contribution in [0.25, 0.3) is 0 Å². The van der Waals surface area contributed by atoms with E-state index in [4.69, 9.17) is 11.6 Å². The van der Waals surface area contributed by atoms with Crippen LogP contribution in [0.2, 0.25) is 4.34 Å². The second kappa shape index (κ2) is 9.65. The standard InChI is InChI=1S/C19H22ClFN2O3S2/c1-4-11-22(13-15-8-10-18(20)27-15)19(24)14-7-9-16(21)17(12-14)28(25,26)23(5-2)6-3/h4,7-10,12H,1,5-6,11,13H2,2-3H3. The first-order valence-corrected chi connectivity index (χ1v) is 11.3. The molecule has 1 amide bonds. The van der Waals surface area contributed by atoms with Crippen LogP contribution in [0.3, 0.4) is 0 Å². The normalized spacial score (nSPS) is 11.6. The van der Waals surface area contributed by atoms with Gasteiger partial charge >= 0.3 is 0 Å². The van der Waals surface area contributed by atoms with Crippen LogP contribution in [0, 0.1) is 5.82 Å². The van der Waals surface area contributed by atoms with E-state index < -0.39 is 26.6 Å². The van der Waals surface area contributed by atoms with Crippen molar-refractivity contribution in [3.8, 4) is 0 Å². The number of nitrogens with zero attached hydrogens (tertiary/aromatic N) is 2. The molecule has 0 atom stereocenters. The molecule has 0 saturated heterocycles. The number of thiophene rings is 1. The lowest BCUT2D eigenvalue weighted by Gasteiger charge is -2.22. The van der Waals surface area contributed by atoms with E-state index in [0.717, 1.165) is 21.3 Å². The molecule has 0 N–H and O–H groups in total. The summed E-state index contributed by atoms with van der Waals surface area (Å²) >= 11 is 7.29.